The number of phenols is 1. The fraction of sp³-hybridized carbons (Fsp3) is 0.533. The monoisotopic (exact) mass is 358 g/mol. The van der Waals surface area contributed by atoms with Crippen LogP contribution < -0.4 is 10.6 Å². The molecule has 1 aromatic carbocycles. The molecule has 0 aliphatic carbocycles. The summed E-state index contributed by atoms with van der Waals surface area (Å²) in [6, 6.07) is 5.39. The number of methoxy groups -OCH3 is 1. The van der Waals surface area contributed by atoms with Crippen LogP contribution in [0.2, 0.25) is 0 Å². The highest BCUT2D eigenvalue weighted by Crippen LogP contribution is 2.29. The maximum Gasteiger partial charge on any atom is 0.221 e. The molecule has 0 aromatic heterocycles. The Hall–Kier alpha value is -1.11. The van der Waals surface area contributed by atoms with E-state index in [4.69, 9.17) is 4.74 Å². The summed E-state index contributed by atoms with van der Waals surface area (Å²) in [5, 5.41) is 16.0. The van der Waals surface area contributed by atoms with Crippen molar-refractivity contribution in [2.75, 3.05) is 26.8 Å². The summed E-state index contributed by atoms with van der Waals surface area (Å²) in [6.07, 6.45) is 1.23. The SMILES string of the molecule is CCC(NCCC(=O)NCCOC)c1cc(Br)ccc1O. The third-order valence-corrected chi connectivity index (χ3v) is 3.64. The number of halogens is 1. The standard InChI is InChI=1S/C15H23BrN2O3/c1-3-13(12-10-11(16)4-5-14(12)19)17-7-6-15(20)18-8-9-21-2/h4-5,10,13,17,19H,3,6-9H2,1-2H3,(H,18,20). The number of carbonyl (C=O) groups is 1. The molecule has 0 heterocycles. The number of nitrogens with one attached hydrogen (secondary N) is 2. The van der Waals surface area contributed by atoms with Gasteiger partial charge >= 0.3 is 0 Å². The molecule has 21 heavy (non-hydrogen) atoms. The number of hydrogen-bond donors (Lipinski definition) is 3. The number of amides is 1. The first-order chi connectivity index (χ1) is 10.1. The van der Waals surface area contributed by atoms with Gasteiger partial charge in [-0.05, 0) is 24.6 Å². The molecule has 1 unspecified atom stereocenters. The molecule has 0 radical (unpaired) electrons. The lowest BCUT2D eigenvalue weighted by Gasteiger charge is -2.19. The van der Waals surface area contributed by atoms with Crippen molar-refractivity contribution in [3.8, 4) is 5.75 Å². The maximum absolute atomic E-state index is 11.6. The topological polar surface area (TPSA) is 70.6 Å². The van der Waals surface area contributed by atoms with Gasteiger partial charge in [0.25, 0.3) is 0 Å². The van der Waals surface area contributed by atoms with Gasteiger partial charge in [-0.15, -0.1) is 0 Å². The van der Waals surface area contributed by atoms with Crippen LogP contribution in [0.1, 0.15) is 31.4 Å². The fourth-order valence-electron chi connectivity index (χ4n) is 2.02. The van der Waals surface area contributed by atoms with Gasteiger partial charge in [-0.1, -0.05) is 22.9 Å². The summed E-state index contributed by atoms with van der Waals surface area (Å²) in [7, 11) is 1.60. The maximum atomic E-state index is 11.6. The number of ether oxygens (including phenoxy) is 1. The summed E-state index contributed by atoms with van der Waals surface area (Å²) in [5.74, 6) is 0.259. The average Bonchev–Trinajstić information content (AvgIpc) is 2.47. The van der Waals surface area contributed by atoms with Gasteiger partial charge in [-0.3, -0.25) is 4.79 Å². The minimum absolute atomic E-state index is 0.00660. The minimum atomic E-state index is -0.00660. The molecule has 0 fully saturated rings. The Morgan fingerprint density at radius 2 is 2.19 bits per heavy atom. The largest absolute Gasteiger partial charge is 0.508 e. The molecular weight excluding hydrogens is 336 g/mol. The smallest absolute Gasteiger partial charge is 0.221 e. The van der Waals surface area contributed by atoms with E-state index in [1.54, 1.807) is 19.2 Å². The van der Waals surface area contributed by atoms with E-state index in [2.05, 4.69) is 26.6 Å². The molecule has 1 rings (SSSR count). The highest BCUT2D eigenvalue weighted by molar-refractivity contribution is 9.10. The van der Waals surface area contributed by atoms with Gasteiger partial charge in [-0.25, -0.2) is 0 Å². The number of rotatable bonds is 9. The van der Waals surface area contributed by atoms with Crippen LogP contribution in [-0.4, -0.2) is 37.8 Å². The zero-order valence-electron chi connectivity index (χ0n) is 12.5. The Kier molecular flexibility index (Phi) is 8.34. The lowest BCUT2D eigenvalue weighted by Crippen LogP contribution is -2.31. The first kappa shape index (κ1) is 17.9. The average molecular weight is 359 g/mol. The Morgan fingerprint density at radius 3 is 2.86 bits per heavy atom. The zero-order chi connectivity index (χ0) is 15.7. The van der Waals surface area contributed by atoms with Crippen LogP contribution in [-0.2, 0) is 9.53 Å². The normalized spacial score (nSPS) is 12.1. The van der Waals surface area contributed by atoms with Crippen LogP contribution in [0.3, 0.4) is 0 Å². The van der Waals surface area contributed by atoms with E-state index < -0.39 is 0 Å². The molecule has 3 N–H and O–H groups in total. The van der Waals surface area contributed by atoms with Gasteiger partial charge in [0.15, 0.2) is 0 Å². The number of benzene rings is 1. The third-order valence-electron chi connectivity index (χ3n) is 3.14. The second-order valence-electron chi connectivity index (χ2n) is 4.71. The van der Waals surface area contributed by atoms with Crippen molar-refractivity contribution < 1.29 is 14.6 Å². The lowest BCUT2D eigenvalue weighted by atomic mass is 10.0. The number of aromatic hydroxyl groups is 1. The number of carbonyl (C=O) groups excluding carboxylic acids is 1. The Balaban J connectivity index is 2.44. The van der Waals surface area contributed by atoms with Crippen LogP contribution in [0.15, 0.2) is 22.7 Å². The van der Waals surface area contributed by atoms with E-state index in [-0.39, 0.29) is 17.7 Å². The Morgan fingerprint density at radius 1 is 1.43 bits per heavy atom. The molecule has 0 aliphatic heterocycles. The molecule has 0 aliphatic rings. The van der Waals surface area contributed by atoms with E-state index >= 15 is 0 Å². The van der Waals surface area contributed by atoms with E-state index in [1.807, 2.05) is 13.0 Å². The minimum Gasteiger partial charge on any atom is -0.508 e. The quantitative estimate of drug-likeness (QED) is 0.592. The molecule has 0 saturated heterocycles. The van der Waals surface area contributed by atoms with Gasteiger partial charge in [0, 0.05) is 42.7 Å². The van der Waals surface area contributed by atoms with E-state index in [9.17, 15) is 9.90 Å². The molecule has 0 bridgehead atoms. The lowest BCUT2D eigenvalue weighted by molar-refractivity contribution is -0.121. The molecule has 6 heteroatoms. The van der Waals surface area contributed by atoms with Crippen LogP contribution in [0.25, 0.3) is 0 Å². The van der Waals surface area contributed by atoms with Gasteiger partial charge in [-0.2, -0.15) is 0 Å². The predicted molar refractivity (Wildman–Crippen MR) is 86.3 cm³/mol. The molecule has 0 saturated carbocycles. The van der Waals surface area contributed by atoms with Crippen LogP contribution in [0, 0.1) is 0 Å². The highest BCUT2D eigenvalue weighted by Gasteiger charge is 2.14. The molecule has 1 amide bonds. The fourth-order valence-corrected chi connectivity index (χ4v) is 2.40. The zero-order valence-corrected chi connectivity index (χ0v) is 14.1. The van der Waals surface area contributed by atoms with Crippen molar-refractivity contribution in [3.63, 3.8) is 0 Å². The second-order valence-corrected chi connectivity index (χ2v) is 5.63. The summed E-state index contributed by atoms with van der Waals surface area (Å²) < 4.78 is 5.80. The van der Waals surface area contributed by atoms with Crippen LogP contribution >= 0.6 is 15.9 Å². The molecule has 0 spiro atoms. The van der Waals surface area contributed by atoms with Crippen molar-refractivity contribution in [1.29, 1.82) is 0 Å². The molecular formula is C15H23BrN2O3. The third kappa shape index (κ3) is 6.46. The number of phenolic OH excluding ortho intramolecular Hbond substituents is 1. The predicted octanol–water partition coefficient (Wildman–Crippen LogP) is 2.35. The Labute approximate surface area is 134 Å². The van der Waals surface area contributed by atoms with Gasteiger partial charge in [0.1, 0.15) is 5.75 Å². The van der Waals surface area contributed by atoms with Crippen LogP contribution in [0.4, 0.5) is 0 Å². The van der Waals surface area contributed by atoms with Crippen molar-refractivity contribution in [3.05, 3.63) is 28.2 Å². The van der Waals surface area contributed by atoms with Gasteiger partial charge in [0.05, 0.1) is 6.61 Å². The summed E-state index contributed by atoms with van der Waals surface area (Å²) in [6.45, 7) is 3.64. The summed E-state index contributed by atoms with van der Waals surface area (Å²) >= 11 is 3.41. The molecule has 1 atom stereocenters. The van der Waals surface area contributed by atoms with Gasteiger partial charge in [0.2, 0.25) is 5.91 Å². The summed E-state index contributed by atoms with van der Waals surface area (Å²) in [4.78, 5) is 11.6. The number of hydrogen-bond acceptors (Lipinski definition) is 4. The second kappa shape index (κ2) is 9.76. The molecule has 118 valence electrons. The van der Waals surface area contributed by atoms with E-state index in [0.717, 1.165) is 16.5 Å². The Bertz CT molecular complexity index is 455. The van der Waals surface area contributed by atoms with Crippen LogP contribution in [0.5, 0.6) is 5.75 Å². The molecule has 1 aromatic rings. The van der Waals surface area contributed by atoms with Crippen molar-refractivity contribution in [1.82, 2.24) is 10.6 Å². The first-order valence-corrected chi connectivity index (χ1v) is 7.85. The summed E-state index contributed by atoms with van der Waals surface area (Å²) in [5.41, 5.74) is 0.840. The highest BCUT2D eigenvalue weighted by atomic mass is 79.9. The van der Waals surface area contributed by atoms with E-state index in [0.29, 0.717) is 26.1 Å². The van der Waals surface area contributed by atoms with E-state index in [1.165, 1.54) is 0 Å². The molecule has 5 nitrogen and oxygen atoms in total. The van der Waals surface area contributed by atoms with Crippen molar-refractivity contribution in [2.24, 2.45) is 0 Å². The van der Waals surface area contributed by atoms with Crippen molar-refractivity contribution >= 4 is 21.8 Å². The first-order valence-electron chi connectivity index (χ1n) is 7.06. The van der Waals surface area contributed by atoms with Crippen molar-refractivity contribution in [2.45, 2.75) is 25.8 Å². The van der Waals surface area contributed by atoms with Gasteiger partial charge < -0.3 is 20.5 Å².